The molecule has 1 N–H and O–H groups in total. The maximum absolute atomic E-state index is 5.77. The number of rotatable bonds is 10. The highest BCUT2D eigenvalue weighted by Crippen LogP contribution is 2.21. The molecule has 1 aliphatic carbocycles. The molecule has 118 valence electrons. The molecule has 0 aromatic heterocycles. The molecule has 0 aliphatic heterocycles. The molecule has 2 nitrogen and oxygen atoms in total. The van der Waals surface area contributed by atoms with Crippen molar-refractivity contribution in [1.82, 2.24) is 5.32 Å². The number of nitrogens with one attached hydrogen (secondary N) is 1. The Morgan fingerprint density at radius 2 is 1.95 bits per heavy atom. The Hall–Kier alpha value is -0.380. The van der Waals surface area contributed by atoms with Crippen LogP contribution in [0, 0.1) is 11.8 Å². The van der Waals surface area contributed by atoms with Gasteiger partial charge >= 0.3 is 0 Å². The van der Waals surface area contributed by atoms with Crippen LogP contribution in [0.15, 0.2) is 28.7 Å². The largest absolute Gasteiger partial charge is 0.381 e. The highest BCUT2D eigenvalue weighted by molar-refractivity contribution is 9.10. The van der Waals surface area contributed by atoms with Crippen molar-refractivity contribution in [2.45, 2.75) is 45.6 Å². The van der Waals surface area contributed by atoms with Crippen molar-refractivity contribution in [1.29, 1.82) is 0 Å². The lowest BCUT2D eigenvalue weighted by molar-refractivity contribution is 0.0975. The van der Waals surface area contributed by atoms with Crippen LogP contribution in [0.2, 0.25) is 0 Å². The smallest absolute Gasteiger partial charge is 0.0488 e. The molecule has 1 saturated carbocycles. The van der Waals surface area contributed by atoms with Gasteiger partial charge in [-0.15, -0.1) is 0 Å². The van der Waals surface area contributed by atoms with Crippen molar-refractivity contribution in [3.8, 4) is 0 Å². The lowest BCUT2D eigenvalue weighted by Gasteiger charge is -2.18. The summed E-state index contributed by atoms with van der Waals surface area (Å²) in [4.78, 5) is 0. The van der Waals surface area contributed by atoms with E-state index in [1.54, 1.807) is 0 Å². The van der Waals surface area contributed by atoms with E-state index in [1.165, 1.54) is 18.4 Å². The summed E-state index contributed by atoms with van der Waals surface area (Å²) >= 11 is 3.50. The van der Waals surface area contributed by atoms with Gasteiger partial charge < -0.3 is 10.1 Å². The van der Waals surface area contributed by atoms with Crippen molar-refractivity contribution < 1.29 is 4.74 Å². The first kappa shape index (κ1) is 17.0. The molecular formula is C18H28BrNO. The first-order valence-corrected chi connectivity index (χ1v) is 8.98. The maximum Gasteiger partial charge on any atom is 0.0488 e. The van der Waals surface area contributed by atoms with Crippen molar-refractivity contribution in [2.75, 3.05) is 19.8 Å². The van der Waals surface area contributed by atoms with Gasteiger partial charge in [0, 0.05) is 23.7 Å². The highest BCUT2D eigenvalue weighted by Gasteiger charge is 2.22. The molecule has 0 heterocycles. The Morgan fingerprint density at radius 3 is 2.57 bits per heavy atom. The third kappa shape index (κ3) is 7.44. The first-order chi connectivity index (χ1) is 10.1. The van der Waals surface area contributed by atoms with E-state index in [2.05, 4.69) is 59.4 Å². The quantitative estimate of drug-likeness (QED) is 0.628. The molecule has 0 saturated heterocycles. The van der Waals surface area contributed by atoms with E-state index in [0.717, 1.165) is 43.1 Å². The summed E-state index contributed by atoms with van der Waals surface area (Å²) in [7, 11) is 0. The zero-order valence-corrected chi connectivity index (χ0v) is 14.9. The van der Waals surface area contributed by atoms with Gasteiger partial charge in [-0.05, 0) is 61.8 Å². The van der Waals surface area contributed by atoms with Gasteiger partial charge in [0.05, 0.1) is 0 Å². The standard InChI is InChI=1S/C18H28BrNO/c1-14(2)13-21-10-9-16(12-20-18-7-8-18)11-15-3-5-17(19)6-4-15/h3-6,14,16,18,20H,7-13H2,1-2H3. The molecule has 2 rings (SSSR count). The van der Waals surface area contributed by atoms with Crippen LogP contribution in [0.1, 0.15) is 38.7 Å². The first-order valence-electron chi connectivity index (χ1n) is 8.19. The Bertz CT molecular complexity index is 400. The molecule has 0 bridgehead atoms. The summed E-state index contributed by atoms with van der Waals surface area (Å²) in [5.41, 5.74) is 1.42. The number of ether oxygens (including phenoxy) is 1. The predicted octanol–water partition coefficient (Wildman–Crippen LogP) is 4.42. The monoisotopic (exact) mass is 353 g/mol. The van der Waals surface area contributed by atoms with E-state index in [1.807, 2.05) is 0 Å². The molecule has 1 aliphatic rings. The summed E-state index contributed by atoms with van der Waals surface area (Å²) in [5, 5.41) is 3.67. The summed E-state index contributed by atoms with van der Waals surface area (Å²) in [6.07, 6.45) is 4.99. The maximum atomic E-state index is 5.77. The summed E-state index contributed by atoms with van der Waals surface area (Å²) in [6.45, 7) is 7.28. The molecule has 1 aromatic rings. The van der Waals surface area contributed by atoms with Gasteiger partial charge in [-0.2, -0.15) is 0 Å². The van der Waals surface area contributed by atoms with Gasteiger partial charge in [0.25, 0.3) is 0 Å². The van der Waals surface area contributed by atoms with Gasteiger partial charge in [-0.25, -0.2) is 0 Å². The summed E-state index contributed by atoms with van der Waals surface area (Å²) in [5.74, 6) is 1.29. The third-order valence-corrected chi connectivity index (χ3v) is 4.36. The van der Waals surface area contributed by atoms with Crippen LogP contribution < -0.4 is 5.32 Å². The number of hydrogen-bond donors (Lipinski definition) is 1. The fourth-order valence-electron chi connectivity index (χ4n) is 2.42. The van der Waals surface area contributed by atoms with E-state index in [0.29, 0.717) is 11.8 Å². The topological polar surface area (TPSA) is 21.3 Å². The van der Waals surface area contributed by atoms with Crippen LogP contribution in [-0.4, -0.2) is 25.8 Å². The fraction of sp³-hybridized carbons (Fsp3) is 0.667. The van der Waals surface area contributed by atoms with Gasteiger partial charge in [-0.1, -0.05) is 41.9 Å². The predicted molar refractivity (Wildman–Crippen MR) is 92.6 cm³/mol. The van der Waals surface area contributed by atoms with Crippen molar-refractivity contribution >= 4 is 15.9 Å². The fourth-order valence-corrected chi connectivity index (χ4v) is 2.68. The van der Waals surface area contributed by atoms with Crippen LogP contribution >= 0.6 is 15.9 Å². The van der Waals surface area contributed by atoms with Gasteiger partial charge in [0.15, 0.2) is 0 Å². The Morgan fingerprint density at radius 1 is 1.24 bits per heavy atom. The third-order valence-electron chi connectivity index (χ3n) is 3.83. The Labute approximate surface area is 137 Å². The second-order valence-electron chi connectivity index (χ2n) is 6.64. The van der Waals surface area contributed by atoms with Gasteiger partial charge in [-0.3, -0.25) is 0 Å². The minimum atomic E-state index is 0.625. The normalized spacial score (nSPS) is 16.4. The number of hydrogen-bond acceptors (Lipinski definition) is 2. The Balaban J connectivity index is 1.77. The molecule has 21 heavy (non-hydrogen) atoms. The molecule has 1 aromatic carbocycles. The van der Waals surface area contributed by atoms with Crippen LogP contribution in [0.4, 0.5) is 0 Å². The lowest BCUT2D eigenvalue weighted by Crippen LogP contribution is -2.27. The average Bonchev–Trinajstić information content (AvgIpc) is 3.27. The average molecular weight is 354 g/mol. The molecule has 1 atom stereocenters. The van der Waals surface area contributed by atoms with Crippen LogP contribution in [0.3, 0.4) is 0 Å². The van der Waals surface area contributed by atoms with Crippen LogP contribution in [0.25, 0.3) is 0 Å². The van der Waals surface area contributed by atoms with E-state index in [-0.39, 0.29) is 0 Å². The van der Waals surface area contributed by atoms with Gasteiger partial charge in [0.1, 0.15) is 0 Å². The Kier molecular flexibility index (Phi) is 7.21. The number of benzene rings is 1. The minimum Gasteiger partial charge on any atom is -0.381 e. The SMILES string of the molecule is CC(C)COCCC(CNC1CC1)Cc1ccc(Br)cc1. The zero-order chi connectivity index (χ0) is 15.1. The van der Waals surface area contributed by atoms with Crippen molar-refractivity contribution in [2.24, 2.45) is 11.8 Å². The molecule has 1 fully saturated rings. The van der Waals surface area contributed by atoms with Crippen molar-refractivity contribution in [3.63, 3.8) is 0 Å². The number of halogens is 1. The van der Waals surface area contributed by atoms with Gasteiger partial charge in [0.2, 0.25) is 0 Å². The van der Waals surface area contributed by atoms with E-state index in [9.17, 15) is 0 Å². The second kappa shape index (κ2) is 8.92. The zero-order valence-electron chi connectivity index (χ0n) is 13.3. The minimum absolute atomic E-state index is 0.625. The lowest BCUT2D eigenvalue weighted by atomic mass is 9.96. The molecule has 1 unspecified atom stereocenters. The van der Waals surface area contributed by atoms with Crippen LogP contribution in [0.5, 0.6) is 0 Å². The highest BCUT2D eigenvalue weighted by atomic mass is 79.9. The van der Waals surface area contributed by atoms with E-state index >= 15 is 0 Å². The molecule has 3 heteroatoms. The molecule has 0 radical (unpaired) electrons. The van der Waals surface area contributed by atoms with E-state index in [4.69, 9.17) is 4.74 Å². The molecular weight excluding hydrogens is 326 g/mol. The summed E-state index contributed by atoms with van der Waals surface area (Å²) in [6, 6.07) is 9.51. The van der Waals surface area contributed by atoms with Crippen LogP contribution in [-0.2, 0) is 11.2 Å². The second-order valence-corrected chi connectivity index (χ2v) is 7.55. The van der Waals surface area contributed by atoms with Crippen molar-refractivity contribution in [3.05, 3.63) is 34.3 Å². The van der Waals surface area contributed by atoms with E-state index < -0.39 is 0 Å². The molecule has 0 spiro atoms. The molecule has 0 amide bonds. The summed E-state index contributed by atoms with van der Waals surface area (Å²) < 4.78 is 6.92.